The number of hydrogen-bond donors (Lipinski definition) is 2. The molecule has 0 saturated carbocycles. The van der Waals surface area contributed by atoms with Gasteiger partial charge in [0, 0.05) is 13.1 Å². The molecule has 2 aliphatic rings. The second-order valence-corrected chi connectivity index (χ2v) is 8.26. The van der Waals surface area contributed by atoms with Crippen LogP contribution in [0.4, 0.5) is 5.95 Å². The predicted octanol–water partition coefficient (Wildman–Crippen LogP) is 1.86. The molecule has 2 aromatic carbocycles. The smallest absolute Gasteiger partial charge is 0.234 e. The van der Waals surface area contributed by atoms with Crippen LogP contribution in [0.1, 0.15) is 23.2 Å². The second-order valence-electron chi connectivity index (χ2n) is 8.26. The van der Waals surface area contributed by atoms with Crippen molar-refractivity contribution in [1.82, 2.24) is 25.0 Å². The molecule has 172 valence electrons. The molecular formula is C24H28N6O3. The van der Waals surface area contributed by atoms with E-state index in [4.69, 9.17) is 9.47 Å². The third-order valence-corrected chi connectivity index (χ3v) is 6.24. The highest BCUT2D eigenvalue weighted by Gasteiger charge is 2.40. The Morgan fingerprint density at radius 1 is 1.12 bits per heavy atom. The zero-order chi connectivity index (χ0) is 22.6. The molecule has 1 aromatic heterocycles. The van der Waals surface area contributed by atoms with Gasteiger partial charge >= 0.3 is 0 Å². The normalized spacial score (nSPS) is 22.8. The lowest BCUT2D eigenvalue weighted by molar-refractivity contribution is -0.124. The average molecular weight is 449 g/mol. The van der Waals surface area contributed by atoms with Crippen LogP contribution >= 0.6 is 0 Å². The number of fused-ring (bicyclic) bond motifs is 1. The summed E-state index contributed by atoms with van der Waals surface area (Å²) >= 11 is 0. The fourth-order valence-corrected chi connectivity index (χ4v) is 4.58. The molecule has 9 heteroatoms. The van der Waals surface area contributed by atoms with Gasteiger partial charge in [-0.15, -0.1) is 0 Å². The van der Waals surface area contributed by atoms with E-state index in [2.05, 4.69) is 37.7 Å². The van der Waals surface area contributed by atoms with Crippen LogP contribution in [0.5, 0.6) is 5.75 Å². The zero-order valence-corrected chi connectivity index (χ0v) is 18.6. The molecule has 9 nitrogen and oxygen atoms in total. The highest BCUT2D eigenvalue weighted by Crippen LogP contribution is 2.38. The Hall–Kier alpha value is -3.43. The summed E-state index contributed by atoms with van der Waals surface area (Å²) in [7, 11) is 1.65. The van der Waals surface area contributed by atoms with Crippen LogP contribution in [-0.4, -0.2) is 71.6 Å². The Bertz CT molecular complexity index is 1070. The van der Waals surface area contributed by atoms with Crippen molar-refractivity contribution in [2.24, 2.45) is 0 Å². The summed E-state index contributed by atoms with van der Waals surface area (Å²) in [5.74, 6) is 1.43. The van der Waals surface area contributed by atoms with E-state index in [0.29, 0.717) is 25.7 Å². The van der Waals surface area contributed by atoms with Crippen LogP contribution in [0.2, 0.25) is 0 Å². The molecule has 0 unspecified atom stereocenters. The van der Waals surface area contributed by atoms with E-state index in [1.54, 1.807) is 13.4 Å². The first-order valence-electron chi connectivity index (χ1n) is 11.2. The Balaban J connectivity index is 1.50. The van der Waals surface area contributed by atoms with Crippen LogP contribution in [0, 0.1) is 0 Å². The Labute approximate surface area is 192 Å². The first-order chi connectivity index (χ1) is 16.2. The maximum Gasteiger partial charge on any atom is 0.234 e. The predicted molar refractivity (Wildman–Crippen MR) is 123 cm³/mol. The van der Waals surface area contributed by atoms with Crippen molar-refractivity contribution in [1.29, 1.82) is 0 Å². The van der Waals surface area contributed by atoms with Crippen molar-refractivity contribution >= 4 is 11.9 Å². The number of ether oxygens (including phenoxy) is 2. The van der Waals surface area contributed by atoms with Gasteiger partial charge in [-0.1, -0.05) is 42.5 Å². The molecule has 5 rings (SSSR count). The summed E-state index contributed by atoms with van der Waals surface area (Å²) in [6, 6.07) is 17.3. The van der Waals surface area contributed by atoms with E-state index >= 15 is 0 Å². The molecule has 33 heavy (non-hydrogen) atoms. The zero-order valence-electron chi connectivity index (χ0n) is 18.6. The lowest BCUT2D eigenvalue weighted by Crippen LogP contribution is -2.53. The molecule has 1 saturated heterocycles. The fourth-order valence-electron chi connectivity index (χ4n) is 4.58. The number of rotatable bonds is 6. The lowest BCUT2D eigenvalue weighted by atomic mass is 9.88. The van der Waals surface area contributed by atoms with E-state index < -0.39 is 0 Å². The summed E-state index contributed by atoms with van der Waals surface area (Å²) in [6.45, 7) is 3.16. The minimum atomic E-state index is -0.288. The summed E-state index contributed by atoms with van der Waals surface area (Å²) in [4.78, 5) is 19.7. The van der Waals surface area contributed by atoms with E-state index in [0.717, 1.165) is 30.0 Å². The molecule has 0 radical (unpaired) electrons. The summed E-state index contributed by atoms with van der Waals surface area (Å²) < 4.78 is 12.6. The van der Waals surface area contributed by atoms with E-state index in [-0.39, 0.29) is 24.0 Å². The summed E-state index contributed by atoms with van der Waals surface area (Å²) in [5, 5.41) is 11.3. The molecule has 0 bridgehead atoms. The van der Waals surface area contributed by atoms with Crippen molar-refractivity contribution in [2.45, 2.75) is 18.1 Å². The van der Waals surface area contributed by atoms with Gasteiger partial charge in [0.1, 0.15) is 18.1 Å². The van der Waals surface area contributed by atoms with Crippen LogP contribution in [-0.2, 0) is 9.53 Å². The first-order valence-corrected chi connectivity index (χ1v) is 11.2. The van der Waals surface area contributed by atoms with Crippen LogP contribution in [0.3, 0.4) is 0 Å². The fraction of sp³-hybridized carbons (Fsp3) is 0.375. The Morgan fingerprint density at radius 2 is 1.88 bits per heavy atom. The van der Waals surface area contributed by atoms with Crippen molar-refractivity contribution in [3.63, 3.8) is 0 Å². The van der Waals surface area contributed by atoms with Crippen molar-refractivity contribution in [2.75, 3.05) is 45.3 Å². The van der Waals surface area contributed by atoms with E-state index in [1.165, 1.54) is 0 Å². The van der Waals surface area contributed by atoms with Gasteiger partial charge in [0.15, 0.2) is 0 Å². The standard InChI is InChI=1S/C24H28N6O3/c1-32-19-9-7-17(8-10-19)21-22(27-20(31)15-29-11-13-33-14-12-29)23(18-5-3-2-4-6-18)30-24(28-21)25-16-26-30/h2-10,16,21-23H,11-15H2,1H3,(H,27,31)(H,25,26,28)/t21-,22+,23+/m0/s1. The number of anilines is 1. The number of carbonyl (C=O) groups is 1. The summed E-state index contributed by atoms with van der Waals surface area (Å²) in [5.41, 5.74) is 2.09. The minimum absolute atomic E-state index is 0.0216. The molecule has 0 aliphatic carbocycles. The number of carbonyl (C=O) groups excluding carboxylic acids is 1. The molecule has 0 spiro atoms. The maximum absolute atomic E-state index is 13.2. The number of amides is 1. The third-order valence-electron chi connectivity index (χ3n) is 6.24. The van der Waals surface area contributed by atoms with Crippen molar-refractivity contribution in [3.8, 4) is 5.75 Å². The molecule has 1 fully saturated rings. The van der Waals surface area contributed by atoms with Crippen LogP contribution in [0.15, 0.2) is 60.9 Å². The van der Waals surface area contributed by atoms with E-state index in [1.807, 2.05) is 47.1 Å². The van der Waals surface area contributed by atoms with Gasteiger partial charge in [0.25, 0.3) is 0 Å². The minimum Gasteiger partial charge on any atom is -0.497 e. The number of morpholine rings is 1. The number of nitrogens with one attached hydrogen (secondary N) is 2. The van der Waals surface area contributed by atoms with Crippen LogP contribution in [0.25, 0.3) is 0 Å². The highest BCUT2D eigenvalue weighted by molar-refractivity contribution is 5.79. The average Bonchev–Trinajstić information content (AvgIpc) is 3.33. The van der Waals surface area contributed by atoms with E-state index in [9.17, 15) is 4.79 Å². The number of hydrogen-bond acceptors (Lipinski definition) is 7. The summed E-state index contributed by atoms with van der Waals surface area (Å²) in [6.07, 6.45) is 1.54. The van der Waals surface area contributed by atoms with Gasteiger partial charge in [0.05, 0.1) is 39.0 Å². The monoisotopic (exact) mass is 448 g/mol. The molecule has 3 aromatic rings. The highest BCUT2D eigenvalue weighted by atomic mass is 16.5. The van der Waals surface area contributed by atoms with Crippen molar-refractivity contribution in [3.05, 3.63) is 72.1 Å². The number of benzene rings is 2. The molecule has 3 atom stereocenters. The molecular weight excluding hydrogens is 420 g/mol. The van der Waals surface area contributed by atoms with Gasteiger partial charge in [-0.25, -0.2) is 4.68 Å². The third kappa shape index (κ3) is 4.55. The largest absolute Gasteiger partial charge is 0.497 e. The molecule has 1 amide bonds. The number of nitrogens with zero attached hydrogens (tertiary/aromatic N) is 4. The first kappa shape index (κ1) is 21.4. The second kappa shape index (κ2) is 9.60. The van der Waals surface area contributed by atoms with Gasteiger partial charge in [-0.2, -0.15) is 10.1 Å². The van der Waals surface area contributed by atoms with Gasteiger partial charge in [-0.05, 0) is 23.3 Å². The molecule has 2 N–H and O–H groups in total. The maximum atomic E-state index is 13.2. The Kier molecular flexibility index (Phi) is 6.23. The van der Waals surface area contributed by atoms with Crippen molar-refractivity contribution < 1.29 is 14.3 Å². The number of aromatic nitrogens is 3. The number of methoxy groups -OCH3 is 1. The van der Waals surface area contributed by atoms with Crippen LogP contribution < -0.4 is 15.4 Å². The SMILES string of the molecule is COc1ccc([C@@H]2Nc3ncnn3[C@H](c3ccccc3)[C@@H]2NC(=O)CN2CCOCC2)cc1. The molecule has 3 heterocycles. The molecule has 2 aliphatic heterocycles. The Morgan fingerprint density at radius 3 is 2.61 bits per heavy atom. The van der Waals surface area contributed by atoms with Gasteiger partial charge in [-0.3, -0.25) is 9.69 Å². The quantitative estimate of drug-likeness (QED) is 0.595. The topological polar surface area (TPSA) is 93.5 Å². The lowest BCUT2D eigenvalue weighted by Gasteiger charge is -2.40. The van der Waals surface area contributed by atoms with Gasteiger partial charge < -0.3 is 20.1 Å². The van der Waals surface area contributed by atoms with Gasteiger partial charge in [0.2, 0.25) is 11.9 Å².